The Morgan fingerprint density at radius 3 is 2.03 bits per heavy atom. The molecule has 0 aliphatic heterocycles. The van der Waals surface area contributed by atoms with E-state index < -0.39 is 28.3 Å². The van der Waals surface area contributed by atoms with Gasteiger partial charge in [-0.2, -0.15) is 0 Å². The number of non-ortho nitro benzene ring substituents is 1. The van der Waals surface area contributed by atoms with Gasteiger partial charge >= 0.3 is 5.97 Å². The number of amides is 1. The van der Waals surface area contributed by atoms with Crippen LogP contribution in [0.4, 0.5) is 5.69 Å². The number of nitro benzene ring substituents is 1. The number of carbonyl (C=O) groups is 2. The Hall–Kier alpha value is -4.20. The molecule has 0 unspecified atom stereocenters. The van der Waals surface area contributed by atoms with Gasteiger partial charge in [0.2, 0.25) is 5.91 Å². The number of carbonyl (C=O) groups excluding carboxylic acids is 1. The maximum Gasteiger partial charge on any atom is 0.326 e. The number of hydrogen-bond acceptors (Lipinski definition) is 5. The minimum absolute atomic E-state index is 0.189. The molecule has 0 bridgehead atoms. The van der Waals surface area contributed by atoms with Gasteiger partial charge in [0.25, 0.3) is 5.69 Å². The third-order valence-corrected chi connectivity index (χ3v) is 5.66. The summed E-state index contributed by atoms with van der Waals surface area (Å²) in [4.78, 5) is 36.3. The number of rotatable bonds is 9. The maximum atomic E-state index is 13.6. The maximum absolute atomic E-state index is 13.6. The fourth-order valence-corrected chi connectivity index (χ4v) is 3.73. The highest BCUT2D eigenvalue weighted by Crippen LogP contribution is 2.33. The van der Waals surface area contributed by atoms with Crippen molar-refractivity contribution in [2.75, 3.05) is 7.11 Å². The summed E-state index contributed by atoms with van der Waals surface area (Å²) >= 11 is 0. The van der Waals surface area contributed by atoms with E-state index in [0.29, 0.717) is 22.4 Å². The average molecular weight is 448 g/mol. The van der Waals surface area contributed by atoms with Gasteiger partial charge in [0.15, 0.2) is 0 Å². The number of nitro groups is 1. The number of methoxy groups -OCH3 is 1. The van der Waals surface area contributed by atoms with Crippen molar-refractivity contribution in [3.05, 3.63) is 106 Å². The molecule has 2 N–H and O–H groups in total. The third kappa shape index (κ3) is 5.01. The first-order valence-electron chi connectivity index (χ1n) is 10.2. The van der Waals surface area contributed by atoms with Crippen LogP contribution >= 0.6 is 0 Å². The van der Waals surface area contributed by atoms with Crippen LogP contribution < -0.4 is 10.1 Å². The SMILES string of the molecule is COc1ccc([N+](=O)[O-])cc1C[C@@H](NC(=O)C(C)(c1ccccc1)c1ccccc1)C(=O)O. The predicted molar refractivity (Wildman–Crippen MR) is 122 cm³/mol. The van der Waals surface area contributed by atoms with Gasteiger partial charge in [-0.15, -0.1) is 0 Å². The molecule has 8 heteroatoms. The summed E-state index contributed by atoms with van der Waals surface area (Å²) in [5.41, 5.74) is 0.347. The van der Waals surface area contributed by atoms with Gasteiger partial charge in [-0.05, 0) is 24.1 Å². The Labute approximate surface area is 191 Å². The van der Waals surface area contributed by atoms with E-state index in [1.54, 1.807) is 6.92 Å². The molecule has 3 aromatic carbocycles. The predicted octanol–water partition coefficient (Wildman–Crippen LogP) is 3.72. The summed E-state index contributed by atoms with van der Waals surface area (Å²) in [5.74, 6) is -1.47. The zero-order valence-corrected chi connectivity index (χ0v) is 18.2. The first-order valence-corrected chi connectivity index (χ1v) is 10.2. The van der Waals surface area contributed by atoms with Crippen molar-refractivity contribution in [3.8, 4) is 5.75 Å². The van der Waals surface area contributed by atoms with Crippen molar-refractivity contribution >= 4 is 17.6 Å². The van der Waals surface area contributed by atoms with Crippen LogP contribution in [0.5, 0.6) is 5.75 Å². The number of nitrogens with zero attached hydrogens (tertiary/aromatic N) is 1. The molecule has 0 aliphatic rings. The van der Waals surface area contributed by atoms with Gasteiger partial charge in [0.1, 0.15) is 11.8 Å². The Balaban J connectivity index is 1.97. The average Bonchev–Trinajstić information content (AvgIpc) is 2.83. The molecule has 0 spiro atoms. The molecular weight excluding hydrogens is 424 g/mol. The lowest BCUT2D eigenvalue weighted by Crippen LogP contribution is -2.50. The number of ether oxygens (including phenoxy) is 1. The molecule has 0 saturated heterocycles. The van der Waals surface area contributed by atoms with Gasteiger partial charge in [-0.3, -0.25) is 14.9 Å². The van der Waals surface area contributed by atoms with Crippen molar-refractivity contribution in [3.63, 3.8) is 0 Å². The lowest BCUT2D eigenvalue weighted by atomic mass is 9.75. The number of nitrogens with one attached hydrogen (secondary N) is 1. The van der Waals surface area contributed by atoms with E-state index in [0.717, 1.165) is 0 Å². The number of carboxylic acid groups (broad SMARTS) is 1. The first-order chi connectivity index (χ1) is 15.8. The second-order valence-corrected chi connectivity index (χ2v) is 7.68. The van der Waals surface area contributed by atoms with Crippen LogP contribution in [-0.2, 0) is 21.4 Å². The number of carboxylic acids is 1. The molecule has 0 heterocycles. The highest BCUT2D eigenvalue weighted by Gasteiger charge is 2.39. The second-order valence-electron chi connectivity index (χ2n) is 7.68. The zero-order valence-electron chi connectivity index (χ0n) is 18.2. The van der Waals surface area contributed by atoms with Crippen molar-refractivity contribution < 1.29 is 24.4 Å². The summed E-state index contributed by atoms with van der Waals surface area (Å²) in [6.07, 6.45) is -0.189. The molecular formula is C25H24N2O6. The Morgan fingerprint density at radius 1 is 1.03 bits per heavy atom. The smallest absolute Gasteiger partial charge is 0.326 e. The van der Waals surface area contributed by atoms with E-state index in [1.165, 1.54) is 25.3 Å². The molecule has 3 rings (SSSR count). The first kappa shape index (κ1) is 23.5. The molecule has 0 saturated carbocycles. The largest absolute Gasteiger partial charge is 0.496 e. The summed E-state index contributed by atoms with van der Waals surface area (Å²) < 4.78 is 5.24. The minimum Gasteiger partial charge on any atom is -0.496 e. The standard InChI is InChI=1S/C25H24N2O6/c1-25(18-9-5-3-6-10-18,19-11-7-4-8-12-19)24(30)26-21(23(28)29)16-17-15-20(27(31)32)13-14-22(17)33-2/h3-15,21H,16H2,1-2H3,(H,26,30)(H,28,29)/t21-/m1/s1. The van der Waals surface area contributed by atoms with E-state index in [2.05, 4.69) is 5.32 Å². The van der Waals surface area contributed by atoms with Gasteiger partial charge in [-0.1, -0.05) is 60.7 Å². The fourth-order valence-electron chi connectivity index (χ4n) is 3.73. The van der Waals surface area contributed by atoms with E-state index in [9.17, 15) is 24.8 Å². The van der Waals surface area contributed by atoms with Crippen molar-refractivity contribution in [1.29, 1.82) is 0 Å². The van der Waals surface area contributed by atoms with Crippen LogP contribution in [0.15, 0.2) is 78.9 Å². The molecule has 1 atom stereocenters. The molecule has 0 aromatic heterocycles. The highest BCUT2D eigenvalue weighted by molar-refractivity contribution is 5.94. The van der Waals surface area contributed by atoms with Crippen LogP contribution in [0.1, 0.15) is 23.6 Å². The minimum atomic E-state index is -1.33. The quantitative estimate of drug-likeness (QED) is 0.380. The zero-order chi connectivity index (χ0) is 24.0. The van der Waals surface area contributed by atoms with Crippen molar-refractivity contribution in [2.45, 2.75) is 24.8 Å². The molecule has 170 valence electrons. The molecule has 0 fully saturated rings. The Bertz CT molecular complexity index is 1110. The third-order valence-electron chi connectivity index (χ3n) is 5.66. The summed E-state index contributed by atoms with van der Waals surface area (Å²) in [6, 6.07) is 20.8. The second kappa shape index (κ2) is 9.95. The van der Waals surface area contributed by atoms with Crippen LogP contribution in [0.2, 0.25) is 0 Å². The van der Waals surface area contributed by atoms with Gasteiger partial charge in [0, 0.05) is 24.1 Å². The van der Waals surface area contributed by atoms with E-state index in [4.69, 9.17) is 4.74 Å². The van der Waals surface area contributed by atoms with Gasteiger partial charge in [0.05, 0.1) is 17.4 Å². The number of aliphatic carboxylic acids is 1. The summed E-state index contributed by atoms with van der Waals surface area (Å²) in [6.45, 7) is 1.74. The topological polar surface area (TPSA) is 119 Å². The monoisotopic (exact) mass is 448 g/mol. The number of hydrogen-bond donors (Lipinski definition) is 2. The van der Waals surface area contributed by atoms with Crippen LogP contribution in [0.25, 0.3) is 0 Å². The van der Waals surface area contributed by atoms with Gasteiger partial charge in [-0.25, -0.2) is 4.79 Å². The van der Waals surface area contributed by atoms with Crippen LogP contribution in [0.3, 0.4) is 0 Å². The molecule has 0 aliphatic carbocycles. The molecule has 33 heavy (non-hydrogen) atoms. The normalized spacial score (nSPS) is 11.9. The van der Waals surface area contributed by atoms with Crippen molar-refractivity contribution in [1.82, 2.24) is 5.32 Å². The van der Waals surface area contributed by atoms with Crippen LogP contribution in [-0.4, -0.2) is 35.1 Å². The van der Waals surface area contributed by atoms with Gasteiger partial charge < -0.3 is 15.2 Å². The van der Waals surface area contributed by atoms with E-state index in [-0.39, 0.29) is 12.1 Å². The summed E-state index contributed by atoms with van der Waals surface area (Å²) in [7, 11) is 1.39. The number of benzene rings is 3. The van der Waals surface area contributed by atoms with Crippen molar-refractivity contribution in [2.24, 2.45) is 0 Å². The summed E-state index contributed by atoms with van der Waals surface area (Å²) in [5, 5.41) is 23.7. The lowest BCUT2D eigenvalue weighted by Gasteiger charge is -2.31. The highest BCUT2D eigenvalue weighted by atomic mass is 16.6. The lowest BCUT2D eigenvalue weighted by molar-refractivity contribution is -0.384. The fraction of sp³-hybridized carbons (Fsp3) is 0.200. The molecule has 8 nitrogen and oxygen atoms in total. The Kier molecular flexibility index (Phi) is 7.07. The molecule has 1 amide bonds. The van der Waals surface area contributed by atoms with Crippen LogP contribution in [0, 0.1) is 10.1 Å². The molecule has 3 aromatic rings. The van der Waals surface area contributed by atoms with E-state index in [1.807, 2.05) is 60.7 Å². The molecule has 0 radical (unpaired) electrons. The van der Waals surface area contributed by atoms with E-state index >= 15 is 0 Å². The Morgan fingerprint density at radius 2 is 1.58 bits per heavy atom.